The molecule has 134 valence electrons. The van der Waals surface area contributed by atoms with Crippen molar-refractivity contribution >= 4 is 39.2 Å². The number of carboxylic acid groups (broad SMARTS) is 1. The lowest BCUT2D eigenvalue weighted by atomic mass is 9.95. The van der Waals surface area contributed by atoms with E-state index in [0.29, 0.717) is 6.54 Å². The van der Waals surface area contributed by atoms with Crippen LogP contribution in [0.2, 0.25) is 0 Å². The first kappa shape index (κ1) is 17.6. The van der Waals surface area contributed by atoms with Crippen LogP contribution in [0.3, 0.4) is 0 Å². The monoisotopic (exact) mass is 362 g/mol. The van der Waals surface area contributed by atoms with Crippen molar-refractivity contribution in [1.82, 2.24) is 14.9 Å². The molecule has 2 aromatic heterocycles. The third kappa shape index (κ3) is 3.73. The molecule has 1 unspecified atom stereocenters. The summed E-state index contributed by atoms with van der Waals surface area (Å²) in [6.45, 7) is 4.84. The minimum atomic E-state index is -0.981. The van der Waals surface area contributed by atoms with Crippen molar-refractivity contribution in [2.45, 2.75) is 32.7 Å². The Kier molecular flexibility index (Phi) is 5.17. The predicted molar refractivity (Wildman–Crippen MR) is 96.8 cm³/mol. The summed E-state index contributed by atoms with van der Waals surface area (Å²) < 4.78 is 0. The number of thiophene rings is 1. The first-order valence-corrected chi connectivity index (χ1v) is 9.30. The van der Waals surface area contributed by atoms with Crippen LogP contribution >= 0.6 is 11.3 Å². The SMILES string of the molecule is CC(C)N(CC(=O)O)C(=O)C1CCCN(c2ncnc3sccc23)C1. The van der Waals surface area contributed by atoms with Gasteiger partial charge in [0.05, 0.1) is 11.3 Å². The average Bonchev–Trinajstić information content (AvgIpc) is 3.07. The van der Waals surface area contributed by atoms with Gasteiger partial charge in [0, 0.05) is 19.1 Å². The van der Waals surface area contributed by atoms with Gasteiger partial charge in [0.15, 0.2) is 0 Å². The van der Waals surface area contributed by atoms with Crippen LogP contribution in [-0.4, -0.2) is 57.5 Å². The molecule has 7 nitrogen and oxygen atoms in total. The molecule has 1 atom stereocenters. The second-order valence-electron chi connectivity index (χ2n) is 6.58. The van der Waals surface area contributed by atoms with Gasteiger partial charge in [-0.15, -0.1) is 11.3 Å². The molecule has 1 N–H and O–H groups in total. The molecule has 1 aliphatic heterocycles. The molecule has 1 aliphatic rings. The van der Waals surface area contributed by atoms with E-state index in [9.17, 15) is 9.59 Å². The maximum atomic E-state index is 12.9. The van der Waals surface area contributed by atoms with Crippen LogP contribution < -0.4 is 4.90 Å². The van der Waals surface area contributed by atoms with Crippen LogP contribution in [0.25, 0.3) is 10.2 Å². The van der Waals surface area contributed by atoms with Crippen LogP contribution in [0.4, 0.5) is 5.82 Å². The topological polar surface area (TPSA) is 86.6 Å². The van der Waals surface area contributed by atoms with E-state index in [1.54, 1.807) is 17.7 Å². The Balaban J connectivity index is 1.79. The zero-order chi connectivity index (χ0) is 18.0. The number of nitrogens with zero attached hydrogens (tertiary/aromatic N) is 4. The number of carboxylic acids is 1. The fraction of sp³-hybridized carbons (Fsp3) is 0.529. The lowest BCUT2D eigenvalue weighted by Gasteiger charge is -2.36. The summed E-state index contributed by atoms with van der Waals surface area (Å²) in [6.07, 6.45) is 3.21. The molecule has 25 heavy (non-hydrogen) atoms. The fourth-order valence-corrected chi connectivity index (χ4v) is 4.02. The van der Waals surface area contributed by atoms with Crippen molar-refractivity contribution in [2.24, 2.45) is 5.92 Å². The van der Waals surface area contributed by atoms with Crippen molar-refractivity contribution in [1.29, 1.82) is 0 Å². The number of hydrogen-bond acceptors (Lipinski definition) is 6. The molecule has 0 bridgehead atoms. The molecule has 1 fully saturated rings. The van der Waals surface area contributed by atoms with Gasteiger partial charge >= 0.3 is 5.97 Å². The highest BCUT2D eigenvalue weighted by Gasteiger charge is 2.32. The summed E-state index contributed by atoms with van der Waals surface area (Å²) >= 11 is 1.57. The van der Waals surface area contributed by atoms with Gasteiger partial charge in [-0.3, -0.25) is 9.59 Å². The van der Waals surface area contributed by atoms with Crippen LogP contribution in [0.5, 0.6) is 0 Å². The Bertz CT molecular complexity index is 776. The molecular formula is C17H22N4O3S. The highest BCUT2D eigenvalue weighted by atomic mass is 32.1. The number of aromatic nitrogens is 2. The van der Waals surface area contributed by atoms with Crippen LogP contribution in [0, 0.1) is 5.92 Å². The fourth-order valence-electron chi connectivity index (χ4n) is 3.30. The third-order valence-electron chi connectivity index (χ3n) is 4.52. The number of aliphatic carboxylic acids is 1. The van der Waals surface area contributed by atoms with E-state index < -0.39 is 5.97 Å². The molecular weight excluding hydrogens is 340 g/mol. The second kappa shape index (κ2) is 7.35. The first-order valence-electron chi connectivity index (χ1n) is 8.42. The van der Waals surface area contributed by atoms with Gasteiger partial charge in [-0.1, -0.05) is 0 Å². The lowest BCUT2D eigenvalue weighted by Crippen LogP contribution is -2.49. The molecule has 3 heterocycles. The normalized spacial score (nSPS) is 17.9. The Hall–Kier alpha value is -2.22. The summed E-state index contributed by atoms with van der Waals surface area (Å²) in [5, 5.41) is 12.1. The molecule has 0 saturated carbocycles. The third-order valence-corrected chi connectivity index (χ3v) is 5.34. The molecule has 1 saturated heterocycles. The van der Waals surface area contributed by atoms with Gasteiger partial charge in [-0.25, -0.2) is 9.97 Å². The van der Waals surface area contributed by atoms with Crippen LogP contribution in [0.1, 0.15) is 26.7 Å². The van der Waals surface area contributed by atoms with E-state index in [1.165, 1.54) is 4.90 Å². The molecule has 0 aromatic carbocycles. The van der Waals surface area contributed by atoms with Crippen molar-refractivity contribution in [3.63, 3.8) is 0 Å². The number of carbonyl (C=O) groups is 2. The van der Waals surface area contributed by atoms with E-state index in [4.69, 9.17) is 5.11 Å². The van der Waals surface area contributed by atoms with Crippen molar-refractivity contribution in [3.05, 3.63) is 17.8 Å². The minimum Gasteiger partial charge on any atom is -0.480 e. The number of fused-ring (bicyclic) bond motifs is 1. The van der Waals surface area contributed by atoms with E-state index in [0.717, 1.165) is 35.4 Å². The summed E-state index contributed by atoms with van der Waals surface area (Å²) in [5.74, 6) is -0.416. The number of amides is 1. The predicted octanol–water partition coefficient (Wildman–Crippen LogP) is 2.23. The Morgan fingerprint density at radius 1 is 1.44 bits per heavy atom. The zero-order valence-electron chi connectivity index (χ0n) is 14.4. The number of carbonyl (C=O) groups excluding carboxylic acids is 1. The Morgan fingerprint density at radius 2 is 2.24 bits per heavy atom. The minimum absolute atomic E-state index is 0.0854. The summed E-state index contributed by atoms with van der Waals surface area (Å²) in [5.41, 5.74) is 0. The van der Waals surface area contributed by atoms with Gasteiger partial charge in [-0.2, -0.15) is 0 Å². The van der Waals surface area contributed by atoms with Crippen molar-refractivity contribution in [3.8, 4) is 0 Å². The first-order chi connectivity index (χ1) is 12.0. The molecule has 1 amide bonds. The van der Waals surface area contributed by atoms with E-state index >= 15 is 0 Å². The summed E-state index contributed by atoms with van der Waals surface area (Å²) in [4.78, 5) is 37.2. The highest BCUT2D eigenvalue weighted by Crippen LogP contribution is 2.30. The van der Waals surface area contributed by atoms with Gasteiger partial charge in [0.25, 0.3) is 0 Å². The molecule has 0 aliphatic carbocycles. The zero-order valence-corrected chi connectivity index (χ0v) is 15.2. The maximum absolute atomic E-state index is 12.9. The average molecular weight is 362 g/mol. The number of piperidine rings is 1. The standard InChI is InChI=1S/C17H22N4O3S/c1-11(2)21(9-14(22)23)17(24)12-4-3-6-20(8-12)15-13-5-7-25-16(13)19-10-18-15/h5,7,10-12H,3-4,6,8-9H2,1-2H3,(H,22,23). The smallest absolute Gasteiger partial charge is 0.323 e. The van der Waals surface area contributed by atoms with Crippen molar-refractivity contribution in [2.75, 3.05) is 24.5 Å². The molecule has 0 radical (unpaired) electrons. The molecule has 2 aromatic rings. The van der Waals surface area contributed by atoms with Gasteiger partial charge in [0.1, 0.15) is 23.5 Å². The maximum Gasteiger partial charge on any atom is 0.323 e. The van der Waals surface area contributed by atoms with Gasteiger partial charge < -0.3 is 14.9 Å². The quantitative estimate of drug-likeness (QED) is 0.878. The molecule has 8 heteroatoms. The van der Waals surface area contributed by atoms with E-state index in [1.807, 2.05) is 25.3 Å². The second-order valence-corrected chi connectivity index (χ2v) is 7.47. The number of hydrogen-bond donors (Lipinski definition) is 1. The van der Waals surface area contributed by atoms with Crippen LogP contribution in [-0.2, 0) is 9.59 Å². The van der Waals surface area contributed by atoms with Crippen molar-refractivity contribution < 1.29 is 14.7 Å². The summed E-state index contributed by atoms with van der Waals surface area (Å²) in [7, 11) is 0. The highest BCUT2D eigenvalue weighted by molar-refractivity contribution is 7.16. The lowest BCUT2D eigenvalue weighted by molar-refractivity contribution is -0.148. The molecule has 0 spiro atoms. The molecule has 3 rings (SSSR count). The van der Waals surface area contributed by atoms with Crippen LogP contribution in [0.15, 0.2) is 17.8 Å². The summed E-state index contributed by atoms with van der Waals surface area (Å²) in [6, 6.07) is 1.87. The Labute approximate surface area is 150 Å². The Morgan fingerprint density at radius 3 is 2.96 bits per heavy atom. The van der Waals surface area contributed by atoms with Gasteiger partial charge in [0.2, 0.25) is 5.91 Å². The largest absolute Gasteiger partial charge is 0.480 e. The van der Waals surface area contributed by atoms with E-state index in [2.05, 4.69) is 14.9 Å². The number of rotatable bonds is 5. The van der Waals surface area contributed by atoms with Gasteiger partial charge in [-0.05, 0) is 38.1 Å². The number of anilines is 1. The van der Waals surface area contributed by atoms with E-state index in [-0.39, 0.29) is 24.4 Å².